The van der Waals surface area contributed by atoms with Gasteiger partial charge < -0.3 is 15.5 Å². The Labute approximate surface area is 195 Å². The van der Waals surface area contributed by atoms with Crippen molar-refractivity contribution >= 4 is 34.7 Å². The van der Waals surface area contributed by atoms with Gasteiger partial charge in [0, 0.05) is 42.0 Å². The van der Waals surface area contributed by atoms with Crippen LogP contribution >= 0.6 is 0 Å². The average molecular weight is 450 g/mol. The van der Waals surface area contributed by atoms with Crippen molar-refractivity contribution in [2.45, 2.75) is 46.0 Å². The molecule has 2 aliphatic rings. The lowest BCUT2D eigenvalue weighted by Crippen LogP contribution is -2.31. The van der Waals surface area contributed by atoms with E-state index in [2.05, 4.69) is 30.9 Å². The van der Waals surface area contributed by atoms with E-state index in [9.17, 15) is 9.59 Å². The lowest BCUT2D eigenvalue weighted by molar-refractivity contribution is -0.117. The maximum atomic E-state index is 12.9. The molecule has 0 radical (unpaired) electrons. The van der Waals surface area contributed by atoms with Crippen molar-refractivity contribution in [1.29, 1.82) is 0 Å². The summed E-state index contributed by atoms with van der Waals surface area (Å²) in [5.74, 6) is -0.0493. The monoisotopic (exact) mass is 449 g/mol. The molecule has 0 bridgehead atoms. The smallest absolute Gasteiger partial charge is 0.228 e. The molecule has 0 unspecified atom stereocenters. The molecule has 33 heavy (non-hydrogen) atoms. The maximum Gasteiger partial charge on any atom is 0.228 e. The number of fused-ring (bicyclic) bond motifs is 3. The van der Waals surface area contributed by atoms with Gasteiger partial charge in [-0.1, -0.05) is 12.1 Å². The topological polar surface area (TPSA) is 118 Å². The van der Waals surface area contributed by atoms with Gasteiger partial charge in [0.15, 0.2) is 11.6 Å². The van der Waals surface area contributed by atoms with Crippen LogP contribution in [0.4, 0.5) is 23.0 Å². The minimum Gasteiger partial charge on any atom is -0.361 e. The van der Waals surface area contributed by atoms with E-state index < -0.39 is 19.1 Å². The van der Waals surface area contributed by atoms with Gasteiger partial charge >= 0.3 is 0 Å². The highest BCUT2D eigenvalue weighted by Crippen LogP contribution is 2.42. The Bertz CT molecular complexity index is 1370. The lowest BCUT2D eigenvalue weighted by Gasteiger charge is -2.35. The molecule has 0 saturated heterocycles. The molecular weight excluding hydrogens is 420 g/mol. The normalized spacial score (nSPS) is 18.5. The Kier molecular flexibility index (Phi) is 4.26. The van der Waals surface area contributed by atoms with Crippen LogP contribution in [0.5, 0.6) is 0 Å². The molecular formula is C23H26N8O2. The van der Waals surface area contributed by atoms with Crippen molar-refractivity contribution in [3.8, 4) is 5.69 Å². The number of carbonyl (C=O) groups is 2. The summed E-state index contributed by atoms with van der Waals surface area (Å²) < 4.78 is 24.3. The van der Waals surface area contributed by atoms with E-state index in [0.29, 0.717) is 11.5 Å². The number of ketones is 1. The van der Waals surface area contributed by atoms with Crippen molar-refractivity contribution in [1.82, 2.24) is 25.0 Å². The van der Waals surface area contributed by atoms with Crippen molar-refractivity contribution in [3.63, 3.8) is 0 Å². The molecule has 170 valence electrons. The fourth-order valence-corrected chi connectivity index (χ4v) is 4.10. The van der Waals surface area contributed by atoms with Crippen molar-refractivity contribution < 1.29 is 13.7 Å². The number of hydrogen-bond acceptors (Lipinski definition) is 8. The fraction of sp³-hybridized carbons (Fsp3) is 0.391. The number of nitrogens with zero attached hydrogens (tertiary/aromatic N) is 6. The van der Waals surface area contributed by atoms with E-state index in [1.165, 1.54) is 12.3 Å². The van der Waals surface area contributed by atoms with Gasteiger partial charge in [0.25, 0.3) is 0 Å². The molecule has 2 N–H and O–H groups in total. The zero-order chi connectivity index (χ0) is 25.8. The van der Waals surface area contributed by atoms with E-state index in [-0.39, 0.29) is 29.2 Å². The van der Waals surface area contributed by atoms with Crippen LogP contribution in [0.1, 0.15) is 64.9 Å². The van der Waals surface area contributed by atoms with Gasteiger partial charge in [-0.2, -0.15) is 0 Å². The Morgan fingerprint density at radius 1 is 1.30 bits per heavy atom. The Hall–Kier alpha value is -3.82. The largest absolute Gasteiger partial charge is 0.361 e. The standard InChI is InChI=1S/C23H26N8O2/c1-5-18(32)15-11-25-19(27-23(33)14-6-7-14)10-16(15)26-22-21-17(8-9-24-22)31-20(12(2)28-29-31)13(3)30(21)4/h8-11,13-14H,5-7H2,1-4H3,(H2,24,25,26,27,33)/t13-/m1/s1/i1D3. The molecule has 1 aliphatic heterocycles. The van der Waals surface area contributed by atoms with Crippen molar-refractivity contribution in [3.05, 3.63) is 41.5 Å². The molecule has 4 heterocycles. The van der Waals surface area contributed by atoms with Gasteiger partial charge in [0.1, 0.15) is 11.5 Å². The highest BCUT2D eigenvalue weighted by molar-refractivity contribution is 6.03. The highest BCUT2D eigenvalue weighted by atomic mass is 16.2. The molecule has 10 heteroatoms. The van der Waals surface area contributed by atoms with Crippen molar-refractivity contribution in [2.75, 3.05) is 22.6 Å². The first kappa shape index (κ1) is 17.7. The number of nitrogens with one attached hydrogen (secondary N) is 2. The maximum absolute atomic E-state index is 12.9. The minimum absolute atomic E-state index is 0.0293. The SMILES string of the molecule is [2H]C([2H])([2H])CC(=O)c1cnc(NC(=O)C2CC2)cc1Nc1nccc2c1N(C)[C@H](C)c1c(C)nnn1-2. The van der Waals surface area contributed by atoms with Gasteiger partial charge in [0.05, 0.1) is 34.4 Å². The van der Waals surface area contributed by atoms with Gasteiger partial charge in [0.2, 0.25) is 5.91 Å². The third-order valence-electron chi connectivity index (χ3n) is 6.16. The van der Waals surface area contributed by atoms with Crippen LogP contribution in [-0.2, 0) is 4.79 Å². The van der Waals surface area contributed by atoms with Gasteiger partial charge in [-0.15, -0.1) is 5.10 Å². The molecule has 1 amide bonds. The first-order chi connectivity index (χ1) is 17.0. The van der Waals surface area contributed by atoms with Crippen LogP contribution in [0, 0.1) is 12.8 Å². The van der Waals surface area contributed by atoms with Crippen LogP contribution < -0.4 is 15.5 Å². The number of aromatic nitrogens is 5. The number of amides is 1. The van der Waals surface area contributed by atoms with Crippen LogP contribution in [0.15, 0.2) is 24.5 Å². The van der Waals surface area contributed by atoms with E-state index in [1.54, 1.807) is 10.9 Å². The Balaban J connectivity index is 1.57. The number of hydrogen-bond donors (Lipinski definition) is 2. The second-order valence-electron chi connectivity index (χ2n) is 8.39. The molecule has 0 aromatic carbocycles. The second kappa shape index (κ2) is 7.95. The average Bonchev–Trinajstić information content (AvgIpc) is 3.58. The van der Waals surface area contributed by atoms with Crippen LogP contribution in [0.3, 0.4) is 0 Å². The zero-order valence-corrected chi connectivity index (χ0v) is 18.6. The summed E-state index contributed by atoms with van der Waals surface area (Å²) in [6.45, 7) is 1.51. The second-order valence-corrected chi connectivity index (χ2v) is 8.39. The quantitative estimate of drug-likeness (QED) is 0.549. The van der Waals surface area contributed by atoms with Crippen molar-refractivity contribution in [2.24, 2.45) is 5.92 Å². The van der Waals surface area contributed by atoms with Gasteiger partial charge in [-0.3, -0.25) is 9.59 Å². The number of Topliss-reactive ketones (excluding diaryl/α,β-unsaturated/α-hetero) is 1. The molecule has 3 aromatic rings. The summed E-state index contributed by atoms with van der Waals surface area (Å²) in [6.07, 6.45) is 3.93. The molecule has 5 rings (SSSR count). The lowest BCUT2D eigenvalue weighted by atomic mass is 10.1. The molecule has 1 fully saturated rings. The predicted molar refractivity (Wildman–Crippen MR) is 124 cm³/mol. The summed E-state index contributed by atoms with van der Waals surface area (Å²) in [5.41, 5.74) is 3.68. The Morgan fingerprint density at radius 2 is 2.12 bits per heavy atom. The molecule has 10 nitrogen and oxygen atoms in total. The zero-order valence-electron chi connectivity index (χ0n) is 21.6. The molecule has 1 aliphatic carbocycles. The number of carbonyl (C=O) groups excluding carboxylic acids is 2. The molecule has 1 atom stereocenters. The summed E-state index contributed by atoms with van der Waals surface area (Å²) in [4.78, 5) is 36.0. The van der Waals surface area contributed by atoms with E-state index in [4.69, 9.17) is 4.11 Å². The third kappa shape index (κ3) is 3.61. The van der Waals surface area contributed by atoms with E-state index in [0.717, 1.165) is 35.6 Å². The molecule has 1 saturated carbocycles. The number of rotatable bonds is 6. The van der Waals surface area contributed by atoms with Gasteiger partial charge in [-0.05, 0) is 32.8 Å². The summed E-state index contributed by atoms with van der Waals surface area (Å²) in [7, 11) is 1.93. The number of pyridine rings is 2. The summed E-state index contributed by atoms with van der Waals surface area (Å²) in [5, 5.41) is 14.5. The van der Waals surface area contributed by atoms with Crippen LogP contribution in [0.2, 0.25) is 0 Å². The number of anilines is 4. The Morgan fingerprint density at radius 3 is 2.88 bits per heavy atom. The van der Waals surface area contributed by atoms with E-state index >= 15 is 0 Å². The third-order valence-corrected chi connectivity index (χ3v) is 6.16. The molecule has 3 aromatic heterocycles. The van der Waals surface area contributed by atoms with E-state index in [1.807, 2.05) is 31.9 Å². The minimum atomic E-state index is -2.44. The first-order valence-corrected chi connectivity index (χ1v) is 10.8. The summed E-state index contributed by atoms with van der Waals surface area (Å²) in [6, 6.07) is 3.31. The predicted octanol–water partition coefficient (Wildman–Crippen LogP) is 3.56. The fourth-order valence-electron chi connectivity index (χ4n) is 4.10. The number of aryl methyl sites for hydroxylation is 1. The van der Waals surface area contributed by atoms with Crippen LogP contribution in [-0.4, -0.2) is 43.7 Å². The first-order valence-electron chi connectivity index (χ1n) is 12.3. The molecule has 0 spiro atoms. The van der Waals surface area contributed by atoms with Gasteiger partial charge in [-0.25, -0.2) is 14.6 Å². The summed E-state index contributed by atoms with van der Waals surface area (Å²) >= 11 is 0. The van der Waals surface area contributed by atoms with Crippen LogP contribution in [0.25, 0.3) is 5.69 Å². The highest BCUT2D eigenvalue weighted by Gasteiger charge is 2.32.